The first-order valence-corrected chi connectivity index (χ1v) is 8.18. The molecule has 3 rings (SSSR count). The molecule has 7 heteroatoms. The van der Waals surface area contributed by atoms with E-state index in [1.165, 1.54) is 0 Å². The number of nitrogens with zero attached hydrogens (tertiary/aromatic N) is 1. The molecule has 0 aliphatic rings. The van der Waals surface area contributed by atoms with Crippen LogP contribution in [0.1, 0.15) is 5.56 Å². The molecule has 2 N–H and O–H groups in total. The minimum atomic E-state index is -0.375. The van der Waals surface area contributed by atoms with Gasteiger partial charge in [-0.2, -0.15) is 0 Å². The van der Waals surface area contributed by atoms with E-state index < -0.39 is 0 Å². The van der Waals surface area contributed by atoms with Gasteiger partial charge in [0.15, 0.2) is 12.0 Å². The van der Waals surface area contributed by atoms with Crippen LogP contribution in [0.4, 0.5) is 0 Å². The molecule has 0 unspecified atom stereocenters. The van der Waals surface area contributed by atoms with Gasteiger partial charge < -0.3 is 14.9 Å². The lowest BCUT2D eigenvalue weighted by Gasteiger charge is -2.13. The third kappa shape index (κ3) is 4.49. The molecule has 0 bridgehead atoms. The van der Waals surface area contributed by atoms with E-state index in [2.05, 4.69) is 16.7 Å². The van der Waals surface area contributed by atoms with Crippen molar-refractivity contribution in [3.05, 3.63) is 76.0 Å². The van der Waals surface area contributed by atoms with Crippen LogP contribution < -0.4 is 5.56 Å². The minimum absolute atomic E-state index is 0.0279. The van der Waals surface area contributed by atoms with Crippen molar-refractivity contribution in [3.63, 3.8) is 0 Å². The van der Waals surface area contributed by atoms with Crippen molar-refractivity contribution in [1.29, 1.82) is 0 Å². The van der Waals surface area contributed by atoms with Gasteiger partial charge in [-0.25, -0.2) is 0 Å². The van der Waals surface area contributed by atoms with Gasteiger partial charge in [-0.3, -0.25) is 9.59 Å². The summed E-state index contributed by atoms with van der Waals surface area (Å²) >= 11 is 6.14. The Morgan fingerprint density at radius 3 is 2.59 bits per heavy atom. The fourth-order valence-electron chi connectivity index (χ4n) is 2.60. The summed E-state index contributed by atoms with van der Waals surface area (Å²) in [6.45, 7) is 3.77. The SMILES string of the molecule is C=C(O/N=C/C=O)c1c(-c2ccccc2)c2cc(Cl)ccc2[nH]c1=O.CO. The van der Waals surface area contributed by atoms with E-state index in [1.807, 2.05) is 30.3 Å². The molecule has 3 aromatic rings. The van der Waals surface area contributed by atoms with Crippen LogP contribution in [-0.4, -0.2) is 29.7 Å². The summed E-state index contributed by atoms with van der Waals surface area (Å²) in [5, 5.41) is 11.8. The Morgan fingerprint density at radius 2 is 1.93 bits per heavy atom. The number of fused-ring (bicyclic) bond motifs is 1. The average Bonchev–Trinajstić information content (AvgIpc) is 2.69. The Balaban J connectivity index is 0.00000126. The van der Waals surface area contributed by atoms with Crippen molar-refractivity contribution < 1.29 is 14.7 Å². The van der Waals surface area contributed by atoms with Crippen LogP contribution in [0.25, 0.3) is 27.8 Å². The second-order valence-electron chi connectivity index (χ2n) is 5.17. The first-order chi connectivity index (χ1) is 13.1. The predicted octanol–water partition coefficient (Wildman–Crippen LogP) is 3.63. The fraction of sp³-hybridized carbons (Fsp3) is 0.0500. The summed E-state index contributed by atoms with van der Waals surface area (Å²) in [7, 11) is 1.00. The van der Waals surface area contributed by atoms with Gasteiger partial charge in [-0.1, -0.05) is 53.7 Å². The summed E-state index contributed by atoms with van der Waals surface area (Å²) in [4.78, 5) is 30.9. The Bertz CT molecular complexity index is 1040. The van der Waals surface area contributed by atoms with E-state index in [4.69, 9.17) is 21.5 Å². The molecule has 1 heterocycles. The van der Waals surface area contributed by atoms with Gasteiger partial charge in [-0.05, 0) is 23.8 Å². The number of H-pyrrole nitrogens is 1. The molecule has 0 fully saturated rings. The Morgan fingerprint density at radius 1 is 1.22 bits per heavy atom. The van der Waals surface area contributed by atoms with E-state index in [9.17, 15) is 9.59 Å². The molecule has 0 amide bonds. The molecule has 0 saturated heterocycles. The zero-order valence-electron chi connectivity index (χ0n) is 14.5. The fourth-order valence-corrected chi connectivity index (χ4v) is 2.77. The monoisotopic (exact) mass is 384 g/mol. The molecule has 0 saturated carbocycles. The number of pyridine rings is 1. The number of aliphatic hydroxyl groups is 1. The van der Waals surface area contributed by atoms with Crippen LogP contribution in [0.2, 0.25) is 5.02 Å². The largest absolute Gasteiger partial charge is 0.400 e. The zero-order chi connectivity index (χ0) is 19.8. The predicted molar refractivity (Wildman–Crippen MR) is 108 cm³/mol. The number of hydrogen-bond acceptors (Lipinski definition) is 5. The average molecular weight is 385 g/mol. The first kappa shape index (κ1) is 20.1. The number of aromatic nitrogens is 1. The van der Waals surface area contributed by atoms with Crippen LogP contribution in [0, 0.1) is 0 Å². The molecular formula is C20H17ClN2O4. The molecule has 27 heavy (non-hydrogen) atoms. The zero-order valence-corrected chi connectivity index (χ0v) is 15.2. The number of benzene rings is 2. The third-order valence-electron chi connectivity index (χ3n) is 3.60. The summed E-state index contributed by atoms with van der Waals surface area (Å²) < 4.78 is 0. The number of nitrogens with one attached hydrogen (secondary N) is 1. The molecule has 0 atom stereocenters. The van der Waals surface area contributed by atoms with Gasteiger partial charge in [-0.15, -0.1) is 0 Å². The van der Waals surface area contributed by atoms with E-state index in [-0.39, 0.29) is 16.9 Å². The van der Waals surface area contributed by atoms with Gasteiger partial charge in [0.25, 0.3) is 5.56 Å². The number of aliphatic hydroxyl groups excluding tert-OH is 1. The van der Waals surface area contributed by atoms with Crippen molar-refractivity contribution in [1.82, 2.24) is 4.98 Å². The number of carbonyl (C=O) groups is 1. The van der Waals surface area contributed by atoms with Crippen molar-refractivity contribution in [2.75, 3.05) is 7.11 Å². The Hall–Kier alpha value is -3.22. The summed E-state index contributed by atoms with van der Waals surface area (Å²) in [6, 6.07) is 14.6. The number of aromatic amines is 1. The molecule has 2 aromatic carbocycles. The number of hydrogen-bond donors (Lipinski definition) is 2. The molecule has 0 aliphatic carbocycles. The highest BCUT2D eigenvalue weighted by molar-refractivity contribution is 6.31. The highest BCUT2D eigenvalue weighted by Crippen LogP contribution is 2.33. The molecule has 6 nitrogen and oxygen atoms in total. The van der Waals surface area contributed by atoms with E-state index >= 15 is 0 Å². The lowest BCUT2D eigenvalue weighted by Crippen LogP contribution is -2.14. The number of carbonyl (C=O) groups excluding carboxylic acids is 1. The van der Waals surface area contributed by atoms with E-state index in [1.54, 1.807) is 18.2 Å². The molecule has 0 radical (unpaired) electrons. The maximum Gasteiger partial charge on any atom is 0.260 e. The molecule has 1 aromatic heterocycles. The maximum absolute atomic E-state index is 12.6. The minimum Gasteiger partial charge on any atom is -0.400 e. The lowest BCUT2D eigenvalue weighted by molar-refractivity contribution is -0.102. The van der Waals surface area contributed by atoms with E-state index in [0.717, 1.165) is 24.3 Å². The van der Waals surface area contributed by atoms with Crippen LogP contribution >= 0.6 is 11.6 Å². The first-order valence-electron chi connectivity index (χ1n) is 7.81. The molecule has 0 spiro atoms. The smallest absolute Gasteiger partial charge is 0.260 e. The van der Waals surface area contributed by atoms with Crippen molar-refractivity contribution in [2.24, 2.45) is 5.16 Å². The van der Waals surface area contributed by atoms with Crippen LogP contribution in [0.3, 0.4) is 0 Å². The van der Waals surface area contributed by atoms with Crippen LogP contribution in [-0.2, 0) is 9.63 Å². The normalized spacial score (nSPS) is 10.3. The standard InChI is InChI=1S/C19H13ClN2O3.CH4O/c1-12(25-21-9-10-23)17-18(13-5-3-2-4-6-13)15-11-14(20)7-8-16(15)22-19(17)24;1-2/h2-11H,1H2,(H,22,24);2H,1H3/b21-9+;. The second-order valence-corrected chi connectivity index (χ2v) is 5.60. The van der Waals surface area contributed by atoms with Gasteiger partial charge >= 0.3 is 0 Å². The lowest BCUT2D eigenvalue weighted by atomic mass is 9.95. The summed E-state index contributed by atoms with van der Waals surface area (Å²) in [5.74, 6) is 0.0279. The van der Waals surface area contributed by atoms with Crippen molar-refractivity contribution >= 4 is 40.8 Å². The topological polar surface area (TPSA) is 91.8 Å². The Labute approximate surface area is 160 Å². The maximum atomic E-state index is 12.6. The van der Waals surface area contributed by atoms with Gasteiger partial charge in [0.1, 0.15) is 6.21 Å². The third-order valence-corrected chi connectivity index (χ3v) is 3.84. The highest BCUT2D eigenvalue weighted by atomic mass is 35.5. The van der Waals surface area contributed by atoms with Crippen LogP contribution in [0.5, 0.6) is 0 Å². The number of oxime groups is 1. The number of aldehydes is 1. The van der Waals surface area contributed by atoms with Gasteiger partial charge in [0.05, 0.1) is 5.56 Å². The summed E-state index contributed by atoms with van der Waals surface area (Å²) in [5.41, 5.74) is 1.93. The number of rotatable bonds is 5. The molecular weight excluding hydrogens is 368 g/mol. The number of halogens is 1. The molecule has 138 valence electrons. The highest BCUT2D eigenvalue weighted by Gasteiger charge is 2.18. The van der Waals surface area contributed by atoms with E-state index in [0.29, 0.717) is 22.4 Å². The quantitative estimate of drug-likeness (QED) is 0.304. The van der Waals surface area contributed by atoms with Crippen molar-refractivity contribution in [3.8, 4) is 11.1 Å². The van der Waals surface area contributed by atoms with Gasteiger partial charge in [0, 0.05) is 28.6 Å². The molecule has 0 aliphatic heterocycles. The van der Waals surface area contributed by atoms with Gasteiger partial charge in [0.2, 0.25) is 0 Å². The second kappa shape index (κ2) is 9.47. The van der Waals surface area contributed by atoms with Crippen molar-refractivity contribution in [2.45, 2.75) is 0 Å². The Kier molecular flexibility index (Phi) is 7.05. The van der Waals surface area contributed by atoms with Crippen LogP contribution in [0.15, 0.2) is 65.1 Å². The summed E-state index contributed by atoms with van der Waals surface area (Å²) in [6.07, 6.45) is 1.40.